The van der Waals surface area contributed by atoms with Gasteiger partial charge in [-0.25, -0.2) is 4.98 Å². The molecule has 0 aliphatic carbocycles. The van der Waals surface area contributed by atoms with Gasteiger partial charge in [0.2, 0.25) is 11.8 Å². The largest absolute Gasteiger partial charge is 0.439 e. The zero-order valence-electron chi connectivity index (χ0n) is 17.6. The molecule has 0 spiro atoms. The van der Waals surface area contributed by atoms with Crippen molar-refractivity contribution in [3.8, 4) is 11.6 Å². The first-order valence-electron chi connectivity index (χ1n) is 11.1. The van der Waals surface area contributed by atoms with Gasteiger partial charge in [0.15, 0.2) is 0 Å². The van der Waals surface area contributed by atoms with E-state index in [1.54, 1.807) is 0 Å². The molecule has 1 saturated heterocycles. The first kappa shape index (κ1) is 20.3. The molecule has 6 heteroatoms. The fourth-order valence-corrected chi connectivity index (χ4v) is 4.59. The summed E-state index contributed by atoms with van der Waals surface area (Å²) in [5.74, 6) is 2.31. The predicted octanol–water partition coefficient (Wildman–Crippen LogP) is 5.47. The highest BCUT2D eigenvalue weighted by Crippen LogP contribution is 2.32. The molecule has 5 rings (SSSR count). The summed E-state index contributed by atoms with van der Waals surface area (Å²) < 4.78 is 6.30. The van der Waals surface area contributed by atoms with E-state index < -0.39 is 0 Å². The van der Waals surface area contributed by atoms with Crippen molar-refractivity contribution in [2.24, 2.45) is 0 Å². The molecule has 0 radical (unpaired) electrons. The molecule has 0 atom stereocenters. The molecule has 0 amide bonds. The van der Waals surface area contributed by atoms with E-state index in [0.717, 1.165) is 67.1 Å². The number of piperidine rings is 1. The summed E-state index contributed by atoms with van der Waals surface area (Å²) in [6.07, 6.45) is 4.57. The molecule has 0 bridgehead atoms. The Morgan fingerprint density at radius 2 is 1.74 bits per heavy atom. The van der Waals surface area contributed by atoms with Crippen LogP contribution in [-0.4, -0.2) is 34.5 Å². The second kappa shape index (κ2) is 9.25. The molecule has 2 aromatic carbocycles. The van der Waals surface area contributed by atoms with Crippen molar-refractivity contribution < 1.29 is 4.74 Å². The lowest BCUT2D eigenvalue weighted by Gasteiger charge is -2.32. The van der Waals surface area contributed by atoms with E-state index in [4.69, 9.17) is 26.3 Å². The number of para-hydroxylation sites is 1. The Balaban J connectivity index is 1.44. The van der Waals surface area contributed by atoms with Crippen LogP contribution in [0.1, 0.15) is 36.1 Å². The van der Waals surface area contributed by atoms with Gasteiger partial charge in [0.05, 0.1) is 11.3 Å². The second-order valence-electron chi connectivity index (χ2n) is 8.31. The second-order valence-corrected chi connectivity index (χ2v) is 8.74. The fraction of sp³-hybridized carbons (Fsp3) is 0.360. The van der Waals surface area contributed by atoms with Gasteiger partial charge in [-0.2, -0.15) is 4.98 Å². The molecule has 3 aromatic rings. The lowest BCUT2D eigenvalue weighted by atomic mass is 10.1. The Bertz CT molecular complexity index is 1040. The summed E-state index contributed by atoms with van der Waals surface area (Å²) in [6.45, 7) is 4.61. The number of anilines is 1. The van der Waals surface area contributed by atoms with Gasteiger partial charge in [-0.1, -0.05) is 41.9 Å². The summed E-state index contributed by atoms with van der Waals surface area (Å²) in [5.41, 5.74) is 3.43. The summed E-state index contributed by atoms with van der Waals surface area (Å²) in [5, 5.41) is 0.775. The van der Waals surface area contributed by atoms with Gasteiger partial charge in [0.25, 0.3) is 0 Å². The molecule has 31 heavy (non-hydrogen) atoms. The highest BCUT2D eigenvalue weighted by molar-refractivity contribution is 6.30. The van der Waals surface area contributed by atoms with Gasteiger partial charge in [-0.05, 0) is 49.1 Å². The van der Waals surface area contributed by atoms with Crippen molar-refractivity contribution in [1.29, 1.82) is 0 Å². The number of aromatic nitrogens is 2. The van der Waals surface area contributed by atoms with Crippen LogP contribution in [0.2, 0.25) is 5.02 Å². The van der Waals surface area contributed by atoms with Crippen LogP contribution in [0, 0.1) is 0 Å². The van der Waals surface area contributed by atoms with Crippen molar-refractivity contribution in [3.05, 3.63) is 76.4 Å². The molecular weight excluding hydrogens is 408 g/mol. The number of benzene rings is 2. The van der Waals surface area contributed by atoms with E-state index in [1.165, 1.54) is 24.8 Å². The molecule has 160 valence electrons. The number of nitrogens with zero attached hydrogens (tertiary/aromatic N) is 4. The smallest absolute Gasteiger partial charge is 0.228 e. The minimum absolute atomic E-state index is 0.688. The molecule has 1 fully saturated rings. The van der Waals surface area contributed by atoms with Crippen LogP contribution in [-0.2, 0) is 19.5 Å². The third kappa shape index (κ3) is 4.83. The first-order chi connectivity index (χ1) is 15.2. The minimum atomic E-state index is 0.688. The van der Waals surface area contributed by atoms with Crippen LogP contribution in [0.3, 0.4) is 0 Å². The van der Waals surface area contributed by atoms with Crippen LogP contribution in [0.15, 0.2) is 54.6 Å². The highest BCUT2D eigenvalue weighted by atomic mass is 35.5. The quantitative estimate of drug-likeness (QED) is 0.532. The Kier molecular flexibility index (Phi) is 6.05. The van der Waals surface area contributed by atoms with Crippen LogP contribution in [0.5, 0.6) is 11.6 Å². The number of halogens is 1. The maximum Gasteiger partial charge on any atom is 0.228 e. The van der Waals surface area contributed by atoms with Crippen molar-refractivity contribution in [2.75, 3.05) is 24.5 Å². The van der Waals surface area contributed by atoms with Gasteiger partial charge in [-0.15, -0.1) is 0 Å². The van der Waals surface area contributed by atoms with Crippen molar-refractivity contribution in [1.82, 2.24) is 14.9 Å². The monoisotopic (exact) mass is 434 g/mol. The molecule has 2 aliphatic heterocycles. The van der Waals surface area contributed by atoms with Gasteiger partial charge >= 0.3 is 0 Å². The Labute approximate surface area is 188 Å². The van der Waals surface area contributed by atoms with E-state index in [2.05, 4.69) is 15.9 Å². The van der Waals surface area contributed by atoms with Gasteiger partial charge in [0, 0.05) is 44.2 Å². The lowest BCUT2D eigenvalue weighted by Crippen LogP contribution is -2.34. The van der Waals surface area contributed by atoms with E-state index >= 15 is 0 Å². The first-order valence-corrected chi connectivity index (χ1v) is 11.5. The van der Waals surface area contributed by atoms with Gasteiger partial charge in [-0.3, -0.25) is 4.90 Å². The minimum Gasteiger partial charge on any atom is -0.439 e. The number of hydrogen-bond acceptors (Lipinski definition) is 5. The van der Waals surface area contributed by atoms with Crippen LogP contribution >= 0.6 is 11.6 Å². The van der Waals surface area contributed by atoms with Crippen molar-refractivity contribution in [3.63, 3.8) is 0 Å². The lowest BCUT2D eigenvalue weighted by molar-refractivity contribution is 0.238. The van der Waals surface area contributed by atoms with Gasteiger partial charge < -0.3 is 9.64 Å². The summed E-state index contributed by atoms with van der Waals surface area (Å²) in [7, 11) is 0. The Hall–Kier alpha value is -2.63. The molecule has 1 aromatic heterocycles. The van der Waals surface area contributed by atoms with Crippen molar-refractivity contribution >= 4 is 17.5 Å². The topological polar surface area (TPSA) is 41.5 Å². The molecular formula is C25H27ClN4O. The molecule has 3 heterocycles. The normalized spacial score (nSPS) is 16.7. The van der Waals surface area contributed by atoms with Gasteiger partial charge in [0.1, 0.15) is 5.75 Å². The number of rotatable bonds is 5. The third-order valence-corrected chi connectivity index (χ3v) is 6.22. The molecule has 0 unspecified atom stereocenters. The average Bonchev–Trinajstić information content (AvgIpc) is 2.80. The third-order valence-electron chi connectivity index (χ3n) is 5.98. The summed E-state index contributed by atoms with van der Waals surface area (Å²) in [6, 6.07) is 18.0. The number of ether oxygens (including phenoxy) is 1. The predicted molar refractivity (Wildman–Crippen MR) is 124 cm³/mol. The fourth-order valence-electron chi connectivity index (χ4n) is 4.38. The van der Waals surface area contributed by atoms with Crippen LogP contribution < -0.4 is 9.64 Å². The standard InChI is InChI=1S/C25H27ClN4O/c26-20-9-7-8-19(16-20)17-29-15-12-23-22(18-29)24(31-21-10-3-1-4-11-21)28-25(27-23)30-13-5-2-6-14-30/h1,3-4,7-11,16H,2,5-6,12-15,17-18H2. The van der Waals surface area contributed by atoms with E-state index in [9.17, 15) is 0 Å². The Morgan fingerprint density at radius 3 is 2.55 bits per heavy atom. The Morgan fingerprint density at radius 1 is 0.903 bits per heavy atom. The zero-order valence-corrected chi connectivity index (χ0v) is 18.4. The SMILES string of the molecule is Clc1cccc(CN2CCc3nc(N4CCCCC4)nc(Oc4ccccc4)c3C2)c1. The van der Waals surface area contributed by atoms with E-state index in [0.29, 0.717) is 5.88 Å². The molecule has 0 saturated carbocycles. The molecule has 0 N–H and O–H groups in total. The summed E-state index contributed by atoms with van der Waals surface area (Å²) in [4.78, 5) is 14.6. The maximum atomic E-state index is 6.30. The van der Waals surface area contributed by atoms with Crippen LogP contribution in [0.25, 0.3) is 0 Å². The maximum absolute atomic E-state index is 6.30. The summed E-state index contributed by atoms with van der Waals surface area (Å²) >= 11 is 6.19. The average molecular weight is 435 g/mol. The highest BCUT2D eigenvalue weighted by Gasteiger charge is 2.26. The van der Waals surface area contributed by atoms with Crippen molar-refractivity contribution in [2.45, 2.75) is 38.8 Å². The van der Waals surface area contributed by atoms with Crippen LogP contribution in [0.4, 0.5) is 5.95 Å². The van der Waals surface area contributed by atoms with E-state index in [1.807, 2.05) is 48.5 Å². The zero-order chi connectivity index (χ0) is 21.0. The number of hydrogen-bond donors (Lipinski definition) is 0. The molecule has 2 aliphatic rings. The van der Waals surface area contributed by atoms with E-state index in [-0.39, 0.29) is 0 Å². The number of fused-ring (bicyclic) bond motifs is 1. The molecule has 5 nitrogen and oxygen atoms in total.